The van der Waals surface area contributed by atoms with Gasteiger partial charge in [-0.15, -0.1) is 0 Å². The molecule has 1 atom stereocenters. The van der Waals surface area contributed by atoms with Crippen molar-refractivity contribution < 1.29 is 8.42 Å². The molecule has 0 spiro atoms. The molecule has 1 rings (SSSR count). The SMILES string of the molecule is CCNC(CCCS(C)(=O)=O)CCC1CCCCC1. The van der Waals surface area contributed by atoms with Gasteiger partial charge in [-0.3, -0.25) is 0 Å². The highest BCUT2D eigenvalue weighted by atomic mass is 32.2. The predicted octanol–water partition coefficient (Wildman–Crippen LogP) is 3.15. The van der Waals surface area contributed by atoms with Gasteiger partial charge in [0, 0.05) is 18.1 Å². The van der Waals surface area contributed by atoms with E-state index in [-0.39, 0.29) is 0 Å². The summed E-state index contributed by atoms with van der Waals surface area (Å²) in [7, 11) is -2.80. The van der Waals surface area contributed by atoms with Crippen molar-refractivity contribution in [2.75, 3.05) is 18.6 Å². The summed E-state index contributed by atoms with van der Waals surface area (Å²) >= 11 is 0. The van der Waals surface area contributed by atoms with E-state index < -0.39 is 9.84 Å². The van der Waals surface area contributed by atoms with Crippen LogP contribution < -0.4 is 5.32 Å². The van der Waals surface area contributed by atoms with Gasteiger partial charge in [0.2, 0.25) is 0 Å². The van der Waals surface area contributed by atoms with Gasteiger partial charge in [-0.2, -0.15) is 0 Å². The molecule has 0 heterocycles. The van der Waals surface area contributed by atoms with Crippen LogP contribution in [0.1, 0.15) is 64.7 Å². The minimum Gasteiger partial charge on any atom is -0.314 e. The summed E-state index contributed by atoms with van der Waals surface area (Å²) in [6.45, 7) is 3.11. The second kappa shape index (κ2) is 8.96. The Balaban J connectivity index is 2.22. The third-order valence-electron chi connectivity index (χ3n) is 4.21. The summed E-state index contributed by atoms with van der Waals surface area (Å²) in [6.07, 6.45) is 12.7. The van der Waals surface area contributed by atoms with Crippen LogP contribution >= 0.6 is 0 Å². The molecule has 0 aromatic rings. The Morgan fingerprint density at radius 3 is 2.42 bits per heavy atom. The molecule has 3 nitrogen and oxygen atoms in total. The lowest BCUT2D eigenvalue weighted by molar-refractivity contribution is 0.309. The number of sulfone groups is 1. The molecule has 1 fully saturated rings. The van der Waals surface area contributed by atoms with E-state index in [2.05, 4.69) is 12.2 Å². The molecule has 19 heavy (non-hydrogen) atoms. The van der Waals surface area contributed by atoms with Crippen LogP contribution in [0.25, 0.3) is 0 Å². The third kappa shape index (κ3) is 8.64. The molecule has 1 N–H and O–H groups in total. The Labute approximate surface area is 119 Å². The molecule has 4 heteroatoms. The van der Waals surface area contributed by atoms with Gasteiger partial charge in [0.1, 0.15) is 9.84 Å². The van der Waals surface area contributed by atoms with Gasteiger partial charge in [0.15, 0.2) is 0 Å². The maximum Gasteiger partial charge on any atom is 0.147 e. The highest BCUT2D eigenvalue weighted by Gasteiger charge is 2.16. The van der Waals surface area contributed by atoms with Gasteiger partial charge in [0.05, 0.1) is 0 Å². The lowest BCUT2D eigenvalue weighted by atomic mass is 9.85. The Hall–Kier alpha value is -0.0900. The van der Waals surface area contributed by atoms with Crippen molar-refractivity contribution in [3.63, 3.8) is 0 Å². The predicted molar refractivity (Wildman–Crippen MR) is 82.2 cm³/mol. The molecule has 1 unspecified atom stereocenters. The summed E-state index contributed by atoms with van der Waals surface area (Å²) in [4.78, 5) is 0. The molecule has 0 saturated heterocycles. The van der Waals surface area contributed by atoms with Crippen molar-refractivity contribution in [3.8, 4) is 0 Å². The molecular weight excluding hydrogens is 258 g/mol. The zero-order valence-electron chi connectivity index (χ0n) is 12.7. The molecule has 1 aliphatic carbocycles. The molecule has 0 aromatic carbocycles. The minimum atomic E-state index is -2.80. The second-order valence-electron chi connectivity index (χ2n) is 6.11. The summed E-state index contributed by atoms with van der Waals surface area (Å²) < 4.78 is 22.3. The van der Waals surface area contributed by atoms with Crippen LogP contribution in [0.3, 0.4) is 0 Å². The van der Waals surface area contributed by atoms with E-state index in [1.807, 2.05) is 0 Å². The number of rotatable bonds is 9. The van der Waals surface area contributed by atoms with Gasteiger partial charge >= 0.3 is 0 Å². The van der Waals surface area contributed by atoms with Crippen LogP contribution in [0.4, 0.5) is 0 Å². The Morgan fingerprint density at radius 2 is 1.84 bits per heavy atom. The van der Waals surface area contributed by atoms with Gasteiger partial charge < -0.3 is 5.32 Å². The van der Waals surface area contributed by atoms with Crippen LogP contribution in [0.5, 0.6) is 0 Å². The number of hydrogen-bond donors (Lipinski definition) is 1. The topological polar surface area (TPSA) is 46.2 Å². The van der Waals surface area contributed by atoms with E-state index >= 15 is 0 Å². The molecule has 0 aromatic heterocycles. The fourth-order valence-electron chi connectivity index (χ4n) is 3.14. The number of hydrogen-bond acceptors (Lipinski definition) is 3. The maximum atomic E-state index is 11.2. The first-order chi connectivity index (χ1) is 9.01. The van der Waals surface area contributed by atoms with E-state index in [0.717, 1.165) is 25.3 Å². The van der Waals surface area contributed by atoms with Crippen molar-refractivity contribution in [1.82, 2.24) is 5.32 Å². The van der Waals surface area contributed by atoms with Crippen molar-refractivity contribution >= 4 is 9.84 Å². The Kier molecular flexibility index (Phi) is 8.00. The zero-order chi connectivity index (χ0) is 14.1. The van der Waals surface area contributed by atoms with Crippen molar-refractivity contribution in [2.24, 2.45) is 5.92 Å². The van der Waals surface area contributed by atoms with Gasteiger partial charge in [0.25, 0.3) is 0 Å². The van der Waals surface area contributed by atoms with E-state index in [1.165, 1.54) is 51.2 Å². The molecule has 1 aliphatic rings. The second-order valence-corrected chi connectivity index (χ2v) is 8.37. The highest BCUT2D eigenvalue weighted by molar-refractivity contribution is 7.90. The average Bonchev–Trinajstić information content (AvgIpc) is 2.36. The van der Waals surface area contributed by atoms with Gasteiger partial charge in [-0.05, 0) is 38.1 Å². The Morgan fingerprint density at radius 1 is 1.16 bits per heavy atom. The van der Waals surface area contributed by atoms with Gasteiger partial charge in [-0.25, -0.2) is 8.42 Å². The fourth-order valence-corrected chi connectivity index (χ4v) is 3.83. The molecule has 0 aliphatic heterocycles. The van der Waals surface area contributed by atoms with E-state index in [0.29, 0.717) is 11.8 Å². The number of nitrogens with one attached hydrogen (secondary N) is 1. The molecule has 0 radical (unpaired) electrons. The van der Waals surface area contributed by atoms with Crippen molar-refractivity contribution in [3.05, 3.63) is 0 Å². The minimum absolute atomic E-state index is 0.332. The summed E-state index contributed by atoms with van der Waals surface area (Å²) in [5.41, 5.74) is 0. The van der Waals surface area contributed by atoms with Crippen LogP contribution in [-0.2, 0) is 9.84 Å². The van der Waals surface area contributed by atoms with Crippen molar-refractivity contribution in [1.29, 1.82) is 0 Å². The van der Waals surface area contributed by atoms with Gasteiger partial charge in [-0.1, -0.05) is 39.0 Å². The monoisotopic (exact) mass is 289 g/mol. The van der Waals surface area contributed by atoms with Crippen LogP contribution in [0.15, 0.2) is 0 Å². The summed E-state index contributed by atoms with van der Waals surface area (Å²) in [5.74, 6) is 1.25. The largest absolute Gasteiger partial charge is 0.314 e. The first kappa shape index (κ1) is 17.0. The van der Waals surface area contributed by atoms with Crippen LogP contribution in [0.2, 0.25) is 0 Å². The first-order valence-electron chi connectivity index (χ1n) is 7.92. The summed E-state index contributed by atoms with van der Waals surface area (Å²) in [5, 5.41) is 3.51. The molecular formula is C15H31NO2S. The maximum absolute atomic E-state index is 11.2. The average molecular weight is 289 g/mol. The van der Waals surface area contributed by atoms with E-state index in [1.54, 1.807) is 0 Å². The molecule has 0 amide bonds. The third-order valence-corrected chi connectivity index (χ3v) is 5.24. The standard InChI is InChI=1S/C15H31NO2S/c1-3-16-15(10-7-13-19(2,17)18)12-11-14-8-5-4-6-9-14/h14-16H,3-13H2,1-2H3. The molecule has 1 saturated carbocycles. The quantitative estimate of drug-likeness (QED) is 0.709. The lowest BCUT2D eigenvalue weighted by Gasteiger charge is -2.24. The normalized spacial score (nSPS) is 19.5. The van der Waals surface area contributed by atoms with Crippen LogP contribution in [-0.4, -0.2) is 33.0 Å². The Bertz CT molecular complexity index is 321. The molecule has 0 bridgehead atoms. The van der Waals surface area contributed by atoms with Crippen molar-refractivity contribution in [2.45, 2.75) is 70.8 Å². The summed E-state index contributed by atoms with van der Waals surface area (Å²) in [6, 6.07) is 0.508. The first-order valence-corrected chi connectivity index (χ1v) is 9.98. The fraction of sp³-hybridized carbons (Fsp3) is 1.00. The van der Waals surface area contributed by atoms with E-state index in [9.17, 15) is 8.42 Å². The van der Waals surface area contributed by atoms with E-state index in [4.69, 9.17) is 0 Å². The highest BCUT2D eigenvalue weighted by Crippen LogP contribution is 2.28. The zero-order valence-corrected chi connectivity index (χ0v) is 13.5. The lowest BCUT2D eigenvalue weighted by Crippen LogP contribution is -2.30. The van der Waals surface area contributed by atoms with Crippen LogP contribution in [0, 0.1) is 5.92 Å². The molecule has 114 valence electrons. The smallest absolute Gasteiger partial charge is 0.147 e.